The number of halogens is 3. The van der Waals surface area contributed by atoms with E-state index in [1.807, 2.05) is 9.30 Å². The summed E-state index contributed by atoms with van der Waals surface area (Å²) in [6.45, 7) is 2.83. The van der Waals surface area contributed by atoms with Crippen LogP contribution >= 0.6 is 0 Å². The zero-order valence-electron chi connectivity index (χ0n) is 24.9. The third-order valence-corrected chi connectivity index (χ3v) is 8.94. The maximum absolute atomic E-state index is 13.5. The summed E-state index contributed by atoms with van der Waals surface area (Å²) in [6.07, 6.45) is 1.00. The summed E-state index contributed by atoms with van der Waals surface area (Å²) in [4.78, 5) is 33.4. The summed E-state index contributed by atoms with van der Waals surface area (Å²) in [7, 11) is 1.70. The van der Waals surface area contributed by atoms with Gasteiger partial charge < -0.3 is 14.0 Å². The van der Waals surface area contributed by atoms with E-state index >= 15 is 0 Å². The zero-order chi connectivity index (χ0) is 31.7. The molecule has 4 aromatic rings. The molecule has 1 aliphatic carbocycles. The maximum atomic E-state index is 13.5. The van der Waals surface area contributed by atoms with Crippen molar-refractivity contribution in [1.29, 1.82) is 0 Å². The van der Waals surface area contributed by atoms with E-state index in [0.29, 0.717) is 60.8 Å². The summed E-state index contributed by atoms with van der Waals surface area (Å²) in [5.41, 5.74) is 2.65. The quantitative estimate of drug-likeness (QED) is 0.174. The minimum absolute atomic E-state index is 0.0243. The number of hydrogen-bond donors (Lipinski definition) is 0. The van der Waals surface area contributed by atoms with Crippen LogP contribution in [0.4, 0.5) is 18.9 Å². The molecular formula is C33H34F3N5O4. The molecule has 2 fully saturated rings. The molecule has 2 aromatic carbocycles. The molecule has 0 spiro atoms. The highest BCUT2D eigenvalue weighted by Crippen LogP contribution is 2.34. The van der Waals surface area contributed by atoms with Crippen LogP contribution in [0.5, 0.6) is 0 Å². The third-order valence-electron chi connectivity index (χ3n) is 8.94. The number of methoxy groups -OCH3 is 1. The molecule has 0 bridgehead atoms. The Labute approximate surface area is 258 Å². The molecule has 2 aliphatic rings. The topological polar surface area (TPSA) is 93.2 Å². The molecule has 236 valence electrons. The molecule has 1 saturated carbocycles. The number of carbonyl (C=O) groups excluding carboxylic acids is 1. The van der Waals surface area contributed by atoms with Crippen molar-refractivity contribution in [3.8, 4) is 22.4 Å². The van der Waals surface area contributed by atoms with E-state index in [0.717, 1.165) is 43.5 Å². The van der Waals surface area contributed by atoms with Gasteiger partial charge in [0.05, 0.1) is 28.0 Å². The number of non-ortho nitro benzene ring substituents is 1. The summed E-state index contributed by atoms with van der Waals surface area (Å²) < 4.78 is 47.8. The first-order valence-corrected chi connectivity index (χ1v) is 15.1. The van der Waals surface area contributed by atoms with Gasteiger partial charge in [-0.1, -0.05) is 30.7 Å². The van der Waals surface area contributed by atoms with Crippen LogP contribution in [0.25, 0.3) is 28.0 Å². The number of fused-ring (bicyclic) bond motifs is 1. The van der Waals surface area contributed by atoms with E-state index in [2.05, 4.69) is 4.90 Å². The van der Waals surface area contributed by atoms with Crippen molar-refractivity contribution in [2.75, 3.05) is 33.3 Å². The number of amides is 1. The first-order chi connectivity index (χ1) is 21.6. The Morgan fingerprint density at radius 3 is 2.49 bits per heavy atom. The first-order valence-electron chi connectivity index (χ1n) is 15.1. The van der Waals surface area contributed by atoms with Crippen molar-refractivity contribution < 1.29 is 27.6 Å². The second kappa shape index (κ2) is 12.6. The van der Waals surface area contributed by atoms with Crippen molar-refractivity contribution in [2.45, 2.75) is 44.5 Å². The second-order valence-corrected chi connectivity index (χ2v) is 11.8. The van der Waals surface area contributed by atoms with Crippen molar-refractivity contribution in [3.05, 3.63) is 88.2 Å². The fourth-order valence-electron chi connectivity index (χ4n) is 6.47. The fraction of sp³-hybridized carbons (Fsp3) is 0.394. The van der Waals surface area contributed by atoms with Gasteiger partial charge in [0.1, 0.15) is 5.65 Å². The smallest absolute Gasteiger partial charge is 0.381 e. The number of nitrogens with zero attached hydrogens (tertiary/aromatic N) is 5. The number of imidazole rings is 1. The highest BCUT2D eigenvalue weighted by Gasteiger charge is 2.33. The molecule has 1 aliphatic heterocycles. The molecule has 0 radical (unpaired) electrons. The molecule has 45 heavy (non-hydrogen) atoms. The lowest BCUT2D eigenvalue weighted by molar-refractivity contribution is -0.384. The minimum Gasteiger partial charge on any atom is -0.381 e. The summed E-state index contributed by atoms with van der Waals surface area (Å²) in [5, 5.41) is 11.5. The van der Waals surface area contributed by atoms with Crippen LogP contribution in [0.2, 0.25) is 0 Å². The number of ether oxygens (including phenoxy) is 1. The molecule has 2 atom stereocenters. The highest BCUT2D eigenvalue weighted by atomic mass is 19.4. The number of nitro groups is 1. The van der Waals surface area contributed by atoms with Crippen LogP contribution in [0.15, 0.2) is 66.9 Å². The van der Waals surface area contributed by atoms with E-state index < -0.39 is 16.7 Å². The number of pyridine rings is 1. The minimum atomic E-state index is -4.47. The molecule has 9 nitrogen and oxygen atoms in total. The van der Waals surface area contributed by atoms with Crippen LogP contribution in [0.3, 0.4) is 0 Å². The highest BCUT2D eigenvalue weighted by molar-refractivity contribution is 5.79. The Hall–Kier alpha value is -4.29. The lowest BCUT2D eigenvalue weighted by Gasteiger charge is -2.38. The van der Waals surface area contributed by atoms with Crippen molar-refractivity contribution in [2.24, 2.45) is 5.92 Å². The molecule has 2 aromatic heterocycles. The van der Waals surface area contributed by atoms with Gasteiger partial charge in [0, 0.05) is 69.6 Å². The number of carbonyl (C=O) groups is 1. The van der Waals surface area contributed by atoms with Crippen LogP contribution in [-0.2, 0) is 22.3 Å². The molecule has 1 saturated heterocycles. The number of piperazine rings is 1. The van der Waals surface area contributed by atoms with Crippen molar-refractivity contribution >= 4 is 17.2 Å². The Morgan fingerprint density at radius 1 is 1.00 bits per heavy atom. The Kier molecular flexibility index (Phi) is 8.61. The number of rotatable bonds is 7. The average Bonchev–Trinajstić information content (AvgIpc) is 3.42. The van der Waals surface area contributed by atoms with Crippen LogP contribution in [0, 0.1) is 16.0 Å². The largest absolute Gasteiger partial charge is 0.416 e. The van der Waals surface area contributed by atoms with Crippen LogP contribution in [-0.4, -0.2) is 69.4 Å². The fourth-order valence-corrected chi connectivity index (χ4v) is 6.47. The van der Waals surface area contributed by atoms with Gasteiger partial charge >= 0.3 is 6.18 Å². The van der Waals surface area contributed by atoms with Gasteiger partial charge in [-0.2, -0.15) is 13.2 Å². The van der Waals surface area contributed by atoms with Crippen molar-refractivity contribution in [1.82, 2.24) is 19.2 Å². The van der Waals surface area contributed by atoms with Crippen molar-refractivity contribution in [3.63, 3.8) is 0 Å². The van der Waals surface area contributed by atoms with E-state index in [1.165, 1.54) is 18.2 Å². The van der Waals surface area contributed by atoms with E-state index in [9.17, 15) is 28.1 Å². The predicted molar refractivity (Wildman–Crippen MR) is 162 cm³/mol. The first kappa shape index (κ1) is 30.7. The summed E-state index contributed by atoms with van der Waals surface area (Å²) in [5.74, 6) is 0.151. The van der Waals surface area contributed by atoms with Crippen LogP contribution in [0.1, 0.15) is 36.9 Å². The summed E-state index contributed by atoms with van der Waals surface area (Å²) >= 11 is 0. The lowest BCUT2D eigenvalue weighted by atomic mass is 9.86. The molecule has 3 heterocycles. The number of benzene rings is 2. The van der Waals surface area contributed by atoms with Gasteiger partial charge in [0.2, 0.25) is 5.91 Å². The van der Waals surface area contributed by atoms with Gasteiger partial charge in [-0.25, -0.2) is 4.98 Å². The number of nitro benzene ring substituents is 1. The van der Waals surface area contributed by atoms with Crippen LogP contribution < -0.4 is 0 Å². The summed E-state index contributed by atoms with van der Waals surface area (Å²) in [6, 6.07) is 14.9. The maximum Gasteiger partial charge on any atom is 0.416 e. The van der Waals surface area contributed by atoms with E-state index in [1.54, 1.807) is 43.6 Å². The zero-order valence-corrected chi connectivity index (χ0v) is 24.9. The monoisotopic (exact) mass is 621 g/mol. The SMILES string of the molecule is COC1CCCC(C(=O)N2CCN(Cc3c(-c4cccc([N+](=O)[O-])c4)nc4ccc(-c5cccc(C(F)(F)F)c5)cn34)CC2)C1. The molecule has 1 amide bonds. The standard InChI is InChI=1S/C33H34F3N5O4/c1-45-28-10-4-7-24(19-28)32(42)39-15-13-38(14-16-39)21-29-31(23-6-3-9-27(18-23)41(43)44)37-30-12-11-25(20-40(29)30)22-5-2-8-26(17-22)33(34,35)36/h2-3,5-6,8-9,11-12,17-18,20,24,28H,4,7,10,13-16,19,21H2,1H3. The van der Waals surface area contributed by atoms with Gasteiger partial charge in [0.15, 0.2) is 0 Å². The number of aromatic nitrogens is 2. The predicted octanol–water partition coefficient (Wildman–Crippen LogP) is 6.44. The molecule has 12 heteroatoms. The average molecular weight is 622 g/mol. The Balaban J connectivity index is 1.30. The molecule has 2 unspecified atom stereocenters. The Bertz CT molecular complexity index is 1710. The molecular weight excluding hydrogens is 587 g/mol. The number of hydrogen-bond acceptors (Lipinski definition) is 6. The third kappa shape index (κ3) is 6.57. The Morgan fingerprint density at radius 2 is 1.76 bits per heavy atom. The number of alkyl halides is 3. The van der Waals surface area contributed by atoms with Gasteiger partial charge in [-0.15, -0.1) is 0 Å². The van der Waals surface area contributed by atoms with Gasteiger partial charge in [0.25, 0.3) is 5.69 Å². The van der Waals surface area contributed by atoms with E-state index in [-0.39, 0.29) is 23.6 Å². The van der Waals surface area contributed by atoms with Gasteiger partial charge in [-0.3, -0.25) is 19.8 Å². The molecule has 6 rings (SSSR count). The van der Waals surface area contributed by atoms with E-state index in [4.69, 9.17) is 9.72 Å². The normalized spacial score (nSPS) is 19.6. The molecule has 0 N–H and O–H groups in total. The lowest BCUT2D eigenvalue weighted by Crippen LogP contribution is -2.50. The second-order valence-electron chi connectivity index (χ2n) is 11.8. The van der Waals surface area contributed by atoms with Gasteiger partial charge in [-0.05, 0) is 54.7 Å².